The van der Waals surface area contributed by atoms with Gasteiger partial charge < -0.3 is 4.57 Å². The van der Waals surface area contributed by atoms with Crippen LogP contribution in [0.5, 0.6) is 0 Å². The van der Waals surface area contributed by atoms with E-state index in [0.717, 1.165) is 12.9 Å². The van der Waals surface area contributed by atoms with Crippen LogP contribution < -0.4 is 15.9 Å². The van der Waals surface area contributed by atoms with Gasteiger partial charge in [0.05, 0.1) is 17.3 Å². The number of fused-ring (bicyclic) bond motifs is 2. The molecule has 0 saturated carbocycles. The highest BCUT2D eigenvalue weighted by atomic mass is 79.9. The number of carbonyl (C=O) groups is 1. The van der Waals surface area contributed by atoms with Crippen molar-refractivity contribution in [3.8, 4) is 0 Å². The number of rotatable bonds is 1. The summed E-state index contributed by atoms with van der Waals surface area (Å²) in [7, 11) is -3.00. The van der Waals surface area contributed by atoms with E-state index in [1.54, 1.807) is 0 Å². The Labute approximate surface area is 151 Å². The number of hydrogen-bond acceptors (Lipinski definition) is 4. The highest BCUT2D eigenvalue weighted by Crippen LogP contribution is 2.51. The second kappa shape index (κ2) is 5.25. The van der Waals surface area contributed by atoms with Gasteiger partial charge in [0.1, 0.15) is 0 Å². The summed E-state index contributed by atoms with van der Waals surface area (Å²) in [4.78, 5) is 13.9. The minimum absolute atomic E-state index is 0.0289. The van der Waals surface area contributed by atoms with Crippen LogP contribution in [0.15, 0.2) is 50.0 Å². The standard InChI is InChI=1S/C15H7Br2O2PS2/c16-11-6-9-14(21-11)13(18)15-10(7-12(17)22-15)20(9,19)8-4-2-1-3-5-8/h1-7H. The predicted molar refractivity (Wildman–Crippen MR) is 100 cm³/mol. The van der Waals surface area contributed by atoms with Gasteiger partial charge in [0.2, 0.25) is 5.78 Å². The Balaban J connectivity index is 2.13. The first-order valence-electron chi connectivity index (χ1n) is 6.32. The van der Waals surface area contributed by atoms with Gasteiger partial charge in [-0.3, -0.25) is 4.79 Å². The normalized spacial score (nSPS) is 15.5. The van der Waals surface area contributed by atoms with Crippen LogP contribution in [-0.2, 0) is 4.57 Å². The SMILES string of the molecule is O=C1c2sc(Br)cc2P(=O)(c2ccccc2)c2cc(Br)sc21. The fourth-order valence-electron chi connectivity index (χ4n) is 2.65. The Morgan fingerprint density at radius 1 is 0.864 bits per heavy atom. The van der Waals surface area contributed by atoms with Gasteiger partial charge in [-0.25, -0.2) is 0 Å². The zero-order chi connectivity index (χ0) is 15.5. The van der Waals surface area contributed by atoms with Crippen molar-refractivity contribution in [2.45, 2.75) is 0 Å². The second-order valence-electron chi connectivity index (χ2n) is 4.80. The first-order valence-corrected chi connectivity index (χ1v) is 11.2. The molecule has 1 aromatic carbocycles. The maximum absolute atomic E-state index is 14.1. The zero-order valence-corrected chi connectivity index (χ0v) is 16.6. The Hall–Kier alpha value is -0.520. The van der Waals surface area contributed by atoms with Gasteiger partial charge in [0.25, 0.3) is 0 Å². The van der Waals surface area contributed by atoms with E-state index in [1.165, 1.54) is 22.7 Å². The molecule has 0 spiro atoms. The Morgan fingerprint density at radius 3 is 1.86 bits per heavy atom. The van der Waals surface area contributed by atoms with Crippen LogP contribution in [0, 0.1) is 0 Å². The van der Waals surface area contributed by atoms with E-state index in [0.29, 0.717) is 20.4 Å². The number of carbonyl (C=O) groups excluding carboxylic acids is 1. The molecular weight excluding hydrogens is 467 g/mol. The van der Waals surface area contributed by atoms with E-state index in [9.17, 15) is 9.36 Å². The molecule has 22 heavy (non-hydrogen) atoms. The molecule has 2 nitrogen and oxygen atoms in total. The highest BCUT2D eigenvalue weighted by Gasteiger charge is 2.43. The maximum Gasteiger partial charge on any atom is 0.214 e. The van der Waals surface area contributed by atoms with E-state index in [4.69, 9.17) is 0 Å². The molecular formula is C15H7Br2O2PS2. The lowest BCUT2D eigenvalue weighted by Crippen LogP contribution is -2.33. The van der Waals surface area contributed by atoms with E-state index in [1.807, 2.05) is 42.5 Å². The van der Waals surface area contributed by atoms with Crippen LogP contribution in [0.3, 0.4) is 0 Å². The van der Waals surface area contributed by atoms with Crippen LogP contribution in [0.2, 0.25) is 0 Å². The van der Waals surface area contributed by atoms with Crippen molar-refractivity contribution in [2.24, 2.45) is 0 Å². The first-order chi connectivity index (χ1) is 10.5. The molecule has 0 atom stereocenters. The fourth-order valence-corrected chi connectivity index (χ4v) is 9.98. The lowest BCUT2D eigenvalue weighted by molar-refractivity contribution is 0.104. The third-order valence-corrected chi connectivity index (χ3v) is 10.2. The largest absolute Gasteiger partial charge is 0.309 e. The van der Waals surface area contributed by atoms with Crippen LogP contribution in [0.4, 0.5) is 0 Å². The Morgan fingerprint density at radius 2 is 1.36 bits per heavy atom. The zero-order valence-electron chi connectivity index (χ0n) is 10.9. The van der Waals surface area contributed by atoms with E-state index < -0.39 is 7.14 Å². The molecule has 0 fully saturated rings. The van der Waals surface area contributed by atoms with Crippen molar-refractivity contribution in [3.05, 3.63) is 59.8 Å². The van der Waals surface area contributed by atoms with Crippen molar-refractivity contribution in [1.82, 2.24) is 0 Å². The van der Waals surface area contributed by atoms with E-state index >= 15 is 0 Å². The molecule has 3 aromatic rings. The van der Waals surface area contributed by atoms with E-state index in [2.05, 4.69) is 31.9 Å². The molecule has 2 aromatic heterocycles. The lowest BCUT2D eigenvalue weighted by atomic mass is 10.2. The minimum atomic E-state index is -3.00. The number of thiophene rings is 2. The van der Waals surface area contributed by atoms with Crippen LogP contribution in [0.25, 0.3) is 0 Å². The van der Waals surface area contributed by atoms with Crippen molar-refractivity contribution in [1.29, 1.82) is 0 Å². The van der Waals surface area contributed by atoms with Crippen LogP contribution in [-0.4, -0.2) is 5.78 Å². The molecule has 7 heteroatoms. The summed E-state index contributed by atoms with van der Waals surface area (Å²) < 4.78 is 15.7. The summed E-state index contributed by atoms with van der Waals surface area (Å²) >= 11 is 9.57. The number of benzene rings is 1. The molecule has 1 aliphatic heterocycles. The monoisotopic (exact) mass is 472 g/mol. The van der Waals surface area contributed by atoms with Gasteiger partial charge in [-0.15, -0.1) is 22.7 Å². The summed E-state index contributed by atoms with van der Waals surface area (Å²) in [6.07, 6.45) is 0. The Kier molecular flexibility index (Phi) is 3.59. The van der Waals surface area contributed by atoms with Crippen LogP contribution in [0.1, 0.15) is 14.5 Å². The van der Waals surface area contributed by atoms with E-state index in [-0.39, 0.29) is 5.78 Å². The number of ketones is 1. The van der Waals surface area contributed by atoms with Crippen molar-refractivity contribution < 1.29 is 9.36 Å². The molecule has 1 aliphatic rings. The molecule has 0 N–H and O–H groups in total. The van der Waals surface area contributed by atoms with Gasteiger partial charge in [-0.05, 0) is 44.0 Å². The van der Waals surface area contributed by atoms with Crippen molar-refractivity contribution >= 4 is 83.4 Å². The molecule has 0 saturated heterocycles. The average molecular weight is 474 g/mol. The third kappa shape index (κ3) is 2.01. The number of hydrogen-bond donors (Lipinski definition) is 0. The van der Waals surface area contributed by atoms with Gasteiger partial charge >= 0.3 is 0 Å². The summed E-state index contributed by atoms with van der Waals surface area (Å²) in [5.74, 6) is -0.0289. The highest BCUT2D eigenvalue weighted by molar-refractivity contribution is 9.11. The lowest BCUT2D eigenvalue weighted by Gasteiger charge is -2.23. The second-order valence-corrected chi connectivity index (χ2v) is 12.4. The average Bonchev–Trinajstić information content (AvgIpc) is 3.10. The first kappa shape index (κ1) is 15.0. The van der Waals surface area contributed by atoms with Crippen molar-refractivity contribution in [2.75, 3.05) is 0 Å². The molecule has 4 rings (SSSR count). The summed E-state index contributed by atoms with van der Waals surface area (Å²) in [6.45, 7) is 0. The summed E-state index contributed by atoms with van der Waals surface area (Å²) in [5.41, 5.74) is 0. The van der Waals surface area contributed by atoms with Gasteiger partial charge in [-0.2, -0.15) is 0 Å². The molecule has 0 radical (unpaired) electrons. The Bertz CT molecular complexity index is 905. The topological polar surface area (TPSA) is 34.1 Å². The molecule has 0 bridgehead atoms. The maximum atomic E-state index is 14.1. The summed E-state index contributed by atoms with van der Waals surface area (Å²) in [6, 6.07) is 13.1. The molecule has 0 aliphatic carbocycles. The quantitative estimate of drug-likeness (QED) is 0.381. The van der Waals surface area contributed by atoms with Crippen molar-refractivity contribution in [3.63, 3.8) is 0 Å². The van der Waals surface area contributed by atoms with Gasteiger partial charge in [0, 0.05) is 15.9 Å². The fraction of sp³-hybridized carbons (Fsp3) is 0. The summed E-state index contributed by atoms with van der Waals surface area (Å²) in [5, 5.41) is 2.07. The van der Waals surface area contributed by atoms with Crippen LogP contribution >= 0.6 is 61.7 Å². The molecule has 3 heterocycles. The van der Waals surface area contributed by atoms with Gasteiger partial charge in [-0.1, -0.05) is 30.3 Å². The minimum Gasteiger partial charge on any atom is -0.309 e. The van der Waals surface area contributed by atoms with Gasteiger partial charge in [0.15, 0.2) is 7.14 Å². The predicted octanol–water partition coefficient (Wildman–Crippen LogP) is 4.52. The molecule has 0 unspecified atom stereocenters. The number of halogens is 2. The molecule has 0 amide bonds. The molecule has 110 valence electrons. The smallest absolute Gasteiger partial charge is 0.214 e. The third-order valence-electron chi connectivity index (χ3n) is 3.58.